The number of nitrogens with zero attached hydrogens (tertiary/aromatic N) is 2. The minimum atomic E-state index is -0.288. The highest BCUT2D eigenvalue weighted by Crippen LogP contribution is 2.29. The van der Waals surface area contributed by atoms with E-state index in [0.717, 1.165) is 25.9 Å². The van der Waals surface area contributed by atoms with Gasteiger partial charge in [0.15, 0.2) is 0 Å². The van der Waals surface area contributed by atoms with Crippen molar-refractivity contribution in [3.8, 4) is 5.69 Å². The number of hydrogen-bond acceptors (Lipinski definition) is 2. The molecule has 20 heavy (non-hydrogen) atoms. The summed E-state index contributed by atoms with van der Waals surface area (Å²) in [6.45, 7) is 1.85. The van der Waals surface area contributed by atoms with Crippen LogP contribution in [-0.4, -0.2) is 9.55 Å². The van der Waals surface area contributed by atoms with Crippen LogP contribution in [0.5, 0.6) is 0 Å². The molecule has 0 aliphatic rings. The van der Waals surface area contributed by atoms with Crippen molar-refractivity contribution >= 4 is 55.5 Å². The molecular weight excluding hydrogens is 436 g/mol. The standard InChI is InChI=1S/C14H10BrFIN3/c1-7-4-10(16)9(15)6-13(7)20-12-3-2-8(17)5-11(12)19-14(20)18/h2-6H,1H3,(H2,18,19). The zero-order valence-corrected chi connectivity index (χ0v) is 14.2. The molecule has 0 unspecified atom stereocenters. The Hall–Kier alpha value is -1.15. The van der Waals surface area contributed by atoms with Crippen molar-refractivity contribution < 1.29 is 4.39 Å². The molecule has 0 fully saturated rings. The molecule has 2 aromatic carbocycles. The molecule has 0 saturated heterocycles. The van der Waals surface area contributed by atoms with E-state index in [9.17, 15) is 4.39 Å². The van der Waals surface area contributed by atoms with E-state index >= 15 is 0 Å². The van der Waals surface area contributed by atoms with Gasteiger partial charge in [-0.3, -0.25) is 4.57 Å². The van der Waals surface area contributed by atoms with E-state index < -0.39 is 0 Å². The Kier molecular flexibility index (Phi) is 3.45. The number of halogens is 3. The molecule has 3 rings (SSSR count). The first-order valence-corrected chi connectivity index (χ1v) is 7.74. The van der Waals surface area contributed by atoms with Crippen molar-refractivity contribution in [3.63, 3.8) is 0 Å². The summed E-state index contributed by atoms with van der Waals surface area (Å²) in [5.41, 5.74) is 9.39. The van der Waals surface area contributed by atoms with Crippen LogP contribution < -0.4 is 5.73 Å². The lowest BCUT2D eigenvalue weighted by molar-refractivity contribution is 0.619. The van der Waals surface area contributed by atoms with Crippen LogP contribution in [0.3, 0.4) is 0 Å². The quantitative estimate of drug-likeness (QED) is 0.563. The van der Waals surface area contributed by atoms with Crippen molar-refractivity contribution in [2.45, 2.75) is 6.92 Å². The second-order valence-electron chi connectivity index (χ2n) is 4.49. The van der Waals surface area contributed by atoms with Gasteiger partial charge >= 0.3 is 0 Å². The van der Waals surface area contributed by atoms with E-state index in [1.54, 1.807) is 6.07 Å². The lowest BCUT2D eigenvalue weighted by Gasteiger charge is -2.11. The summed E-state index contributed by atoms with van der Waals surface area (Å²) in [5.74, 6) is 0.104. The topological polar surface area (TPSA) is 43.8 Å². The molecule has 0 radical (unpaired) electrons. The van der Waals surface area contributed by atoms with Gasteiger partial charge in [-0.25, -0.2) is 9.37 Å². The van der Waals surface area contributed by atoms with Gasteiger partial charge in [0.25, 0.3) is 0 Å². The fraction of sp³-hybridized carbons (Fsp3) is 0.0714. The number of aryl methyl sites for hydroxylation is 1. The summed E-state index contributed by atoms with van der Waals surface area (Å²) in [5, 5.41) is 0. The maximum Gasteiger partial charge on any atom is 0.205 e. The molecule has 0 aliphatic heterocycles. The lowest BCUT2D eigenvalue weighted by Crippen LogP contribution is -2.03. The predicted molar refractivity (Wildman–Crippen MR) is 90.6 cm³/mol. The number of nitrogen functional groups attached to an aromatic ring is 1. The Bertz CT molecular complexity index is 829. The first-order valence-electron chi connectivity index (χ1n) is 5.87. The van der Waals surface area contributed by atoms with Gasteiger partial charge in [-0.1, -0.05) is 0 Å². The zero-order chi connectivity index (χ0) is 14.4. The average Bonchev–Trinajstić information content (AvgIpc) is 2.69. The van der Waals surface area contributed by atoms with Crippen LogP contribution >= 0.6 is 38.5 Å². The Morgan fingerprint density at radius 3 is 2.80 bits per heavy atom. The fourth-order valence-electron chi connectivity index (χ4n) is 2.20. The van der Waals surface area contributed by atoms with E-state index in [4.69, 9.17) is 5.73 Å². The number of hydrogen-bond donors (Lipinski definition) is 1. The number of rotatable bonds is 1. The highest BCUT2D eigenvalue weighted by Gasteiger charge is 2.14. The van der Waals surface area contributed by atoms with Crippen LogP contribution in [0.4, 0.5) is 10.3 Å². The molecule has 102 valence electrons. The second-order valence-corrected chi connectivity index (χ2v) is 6.59. The molecule has 0 amide bonds. The van der Waals surface area contributed by atoms with Gasteiger partial charge in [0, 0.05) is 3.57 Å². The first-order chi connectivity index (χ1) is 9.47. The first kappa shape index (κ1) is 13.8. The van der Waals surface area contributed by atoms with Crippen molar-refractivity contribution in [3.05, 3.63) is 49.8 Å². The highest BCUT2D eigenvalue weighted by atomic mass is 127. The summed E-state index contributed by atoms with van der Waals surface area (Å²) in [6.07, 6.45) is 0. The van der Waals surface area contributed by atoms with E-state index in [-0.39, 0.29) is 5.82 Å². The van der Waals surface area contributed by atoms with Crippen molar-refractivity contribution in [2.24, 2.45) is 0 Å². The monoisotopic (exact) mass is 445 g/mol. The zero-order valence-electron chi connectivity index (χ0n) is 10.5. The number of benzene rings is 2. The Labute approximate surface area is 137 Å². The summed E-state index contributed by atoms with van der Waals surface area (Å²) in [6, 6.07) is 9.14. The number of fused-ring (bicyclic) bond motifs is 1. The van der Waals surface area contributed by atoms with Crippen molar-refractivity contribution in [1.82, 2.24) is 9.55 Å². The van der Waals surface area contributed by atoms with Gasteiger partial charge in [-0.05, 0) is 81.3 Å². The molecule has 0 spiro atoms. The fourth-order valence-corrected chi connectivity index (χ4v) is 3.01. The molecule has 1 aromatic heterocycles. The van der Waals surface area contributed by atoms with Crippen LogP contribution in [0.25, 0.3) is 16.7 Å². The van der Waals surface area contributed by atoms with Gasteiger partial charge in [0.1, 0.15) is 5.82 Å². The van der Waals surface area contributed by atoms with Crippen LogP contribution in [0.1, 0.15) is 5.56 Å². The summed E-state index contributed by atoms with van der Waals surface area (Å²) < 4.78 is 16.9. The highest BCUT2D eigenvalue weighted by molar-refractivity contribution is 14.1. The minimum Gasteiger partial charge on any atom is -0.369 e. The molecular formula is C14H10BrFIN3. The van der Waals surface area contributed by atoms with Crippen LogP contribution in [0.15, 0.2) is 34.8 Å². The minimum absolute atomic E-state index is 0.288. The normalized spacial score (nSPS) is 11.2. The largest absolute Gasteiger partial charge is 0.369 e. The molecule has 3 nitrogen and oxygen atoms in total. The second kappa shape index (κ2) is 5.00. The Morgan fingerprint density at radius 2 is 2.05 bits per heavy atom. The molecule has 2 N–H and O–H groups in total. The molecule has 6 heteroatoms. The van der Waals surface area contributed by atoms with Crippen molar-refractivity contribution in [1.29, 1.82) is 0 Å². The van der Waals surface area contributed by atoms with Gasteiger partial charge in [0.2, 0.25) is 5.95 Å². The molecule has 0 bridgehead atoms. The van der Waals surface area contributed by atoms with E-state index in [1.807, 2.05) is 29.7 Å². The molecule has 0 aliphatic carbocycles. The molecule has 0 saturated carbocycles. The maximum atomic E-state index is 13.6. The molecule has 0 atom stereocenters. The molecule has 1 heterocycles. The lowest BCUT2D eigenvalue weighted by atomic mass is 10.2. The number of aromatic nitrogens is 2. The molecule has 3 aromatic rings. The predicted octanol–water partition coefficient (Wildman–Crippen LogP) is 4.42. The third kappa shape index (κ3) is 2.20. The average molecular weight is 446 g/mol. The third-order valence-electron chi connectivity index (χ3n) is 3.12. The Morgan fingerprint density at radius 1 is 1.30 bits per heavy atom. The van der Waals surface area contributed by atoms with E-state index in [0.29, 0.717) is 10.4 Å². The SMILES string of the molecule is Cc1cc(F)c(Br)cc1-n1c(N)nc2cc(I)ccc21. The number of nitrogens with two attached hydrogens (primary N) is 1. The summed E-state index contributed by atoms with van der Waals surface area (Å²) in [4.78, 5) is 4.37. The summed E-state index contributed by atoms with van der Waals surface area (Å²) >= 11 is 5.45. The Balaban J connectivity index is 2.35. The van der Waals surface area contributed by atoms with Crippen LogP contribution in [-0.2, 0) is 0 Å². The summed E-state index contributed by atoms with van der Waals surface area (Å²) in [7, 11) is 0. The van der Waals surface area contributed by atoms with Gasteiger partial charge < -0.3 is 5.73 Å². The van der Waals surface area contributed by atoms with Gasteiger partial charge in [0.05, 0.1) is 21.2 Å². The smallest absolute Gasteiger partial charge is 0.205 e. The van der Waals surface area contributed by atoms with Crippen LogP contribution in [0.2, 0.25) is 0 Å². The van der Waals surface area contributed by atoms with Gasteiger partial charge in [-0.15, -0.1) is 0 Å². The van der Waals surface area contributed by atoms with Crippen LogP contribution in [0, 0.1) is 16.3 Å². The third-order valence-corrected chi connectivity index (χ3v) is 4.40. The number of anilines is 1. The maximum absolute atomic E-state index is 13.6. The van der Waals surface area contributed by atoms with E-state index in [2.05, 4.69) is 43.5 Å². The van der Waals surface area contributed by atoms with E-state index in [1.165, 1.54) is 6.07 Å². The van der Waals surface area contributed by atoms with Gasteiger partial charge in [-0.2, -0.15) is 0 Å². The number of imidazole rings is 1. The van der Waals surface area contributed by atoms with Crippen molar-refractivity contribution in [2.75, 3.05) is 5.73 Å².